The molecule has 3 saturated heterocycles. The van der Waals surface area contributed by atoms with Gasteiger partial charge in [0.1, 0.15) is 6.10 Å². The number of hydroxylamine groups is 1. The molecule has 3 aliphatic heterocycles. The molecule has 0 aromatic heterocycles. The number of hydrogen-bond donors (Lipinski definition) is 3. The second-order valence-electron chi connectivity index (χ2n) is 10.5. The molecule has 5 atom stereocenters. The summed E-state index contributed by atoms with van der Waals surface area (Å²) in [6.07, 6.45) is -1.43. The molecule has 3 unspecified atom stereocenters. The molecule has 4 N–H and O–H groups in total. The molecule has 2 aromatic carbocycles. The Kier molecular flexibility index (Phi) is 9.75. The average molecular weight is 592 g/mol. The van der Waals surface area contributed by atoms with Crippen LogP contribution in [-0.4, -0.2) is 87.7 Å². The van der Waals surface area contributed by atoms with Crippen LogP contribution in [0.5, 0.6) is 0 Å². The number of alkyl carbamates (subject to hydrolysis) is 1. The third-order valence-electron chi connectivity index (χ3n) is 7.53. The minimum atomic E-state index is -4.20. The highest BCUT2D eigenvalue weighted by molar-refractivity contribution is 7.89. The molecule has 13 heteroatoms. The molecule has 12 nitrogen and oxygen atoms in total. The average Bonchev–Trinajstić information content (AvgIpc) is 3.59. The van der Waals surface area contributed by atoms with Gasteiger partial charge in [0.05, 0.1) is 48.8 Å². The second-order valence-corrected chi connectivity index (χ2v) is 12.3. The van der Waals surface area contributed by atoms with E-state index in [0.29, 0.717) is 38.3 Å². The lowest BCUT2D eigenvalue weighted by Gasteiger charge is -2.32. The number of nitrogens with zero attached hydrogens (tertiary/aromatic N) is 1. The normalized spacial score (nSPS) is 24.6. The molecular weight excluding hydrogens is 554 g/mol. The first-order chi connectivity index (χ1) is 19.8. The standard InChI is InChI=1S/C28H37N3O9S/c29-20-6-8-22(9-7-20)41(34,35)31(40-21-10-13-36-14-11-21)17-25(32)24(16-19-4-2-1-3-5-19)30-28(33)39-26-18-38-27-23(26)12-15-37-27/h1-9,21,23-27,32H,10-18,29H2,(H,30,33)/t23-,24?,25-,26?,27?/m0/s1. The molecule has 0 bridgehead atoms. The van der Waals surface area contributed by atoms with Crippen molar-refractivity contribution in [2.45, 2.75) is 61.2 Å². The maximum Gasteiger partial charge on any atom is 0.407 e. The predicted molar refractivity (Wildman–Crippen MR) is 147 cm³/mol. The third-order valence-corrected chi connectivity index (χ3v) is 9.17. The zero-order valence-electron chi connectivity index (χ0n) is 22.7. The van der Waals surface area contributed by atoms with Gasteiger partial charge in [-0.3, -0.25) is 4.84 Å². The van der Waals surface area contributed by atoms with E-state index in [2.05, 4.69) is 5.32 Å². The first-order valence-electron chi connectivity index (χ1n) is 13.8. The van der Waals surface area contributed by atoms with Gasteiger partial charge in [-0.2, -0.15) is 0 Å². The number of amides is 1. The number of carbonyl (C=O) groups is 1. The Morgan fingerprint density at radius 2 is 1.78 bits per heavy atom. The summed E-state index contributed by atoms with van der Waals surface area (Å²) in [6, 6.07) is 14.1. The SMILES string of the molecule is Nc1ccc(S(=O)(=O)N(C[C@H](O)C(Cc2ccccc2)NC(=O)OC2COC3OCC[C@@H]23)OC2CCOCC2)cc1. The quantitative estimate of drug-likeness (QED) is 0.260. The summed E-state index contributed by atoms with van der Waals surface area (Å²) in [4.78, 5) is 19.0. The van der Waals surface area contributed by atoms with Crippen LogP contribution in [0.1, 0.15) is 24.8 Å². The molecule has 2 aromatic rings. The van der Waals surface area contributed by atoms with Crippen LogP contribution in [0, 0.1) is 5.92 Å². The summed E-state index contributed by atoms with van der Waals surface area (Å²) in [5.41, 5.74) is 7.01. The number of nitrogen functional groups attached to an aromatic ring is 1. The lowest BCUT2D eigenvalue weighted by molar-refractivity contribution is -0.170. The van der Waals surface area contributed by atoms with Gasteiger partial charge in [0.15, 0.2) is 6.29 Å². The van der Waals surface area contributed by atoms with E-state index in [1.54, 1.807) is 0 Å². The Hall–Kier alpha value is -2.78. The van der Waals surface area contributed by atoms with Crippen molar-refractivity contribution in [1.29, 1.82) is 0 Å². The Bertz CT molecular complexity index is 1240. The van der Waals surface area contributed by atoms with Crippen LogP contribution in [0.4, 0.5) is 10.5 Å². The minimum Gasteiger partial charge on any atom is -0.443 e. The van der Waals surface area contributed by atoms with E-state index < -0.39 is 47.0 Å². The lowest BCUT2D eigenvalue weighted by atomic mass is 10.0. The van der Waals surface area contributed by atoms with Gasteiger partial charge in [0.2, 0.25) is 0 Å². The van der Waals surface area contributed by atoms with Gasteiger partial charge < -0.3 is 35.1 Å². The van der Waals surface area contributed by atoms with Gasteiger partial charge >= 0.3 is 6.09 Å². The van der Waals surface area contributed by atoms with Crippen molar-refractivity contribution < 1.29 is 42.1 Å². The van der Waals surface area contributed by atoms with E-state index in [1.165, 1.54) is 24.3 Å². The number of aliphatic hydroxyl groups excluding tert-OH is 1. The number of hydrogen-bond acceptors (Lipinski definition) is 10. The fraction of sp³-hybridized carbons (Fsp3) is 0.536. The molecule has 0 radical (unpaired) electrons. The molecule has 0 aliphatic carbocycles. The molecule has 3 fully saturated rings. The topological polar surface area (TPSA) is 159 Å². The van der Waals surface area contributed by atoms with Crippen molar-refractivity contribution in [3.8, 4) is 0 Å². The predicted octanol–water partition coefficient (Wildman–Crippen LogP) is 1.83. The van der Waals surface area contributed by atoms with Crippen molar-refractivity contribution in [2.75, 3.05) is 38.7 Å². The summed E-state index contributed by atoms with van der Waals surface area (Å²) in [7, 11) is -4.20. The van der Waals surface area contributed by atoms with Crippen LogP contribution in [-0.2, 0) is 40.2 Å². The Morgan fingerprint density at radius 1 is 1.05 bits per heavy atom. The lowest BCUT2D eigenvalue weighted by Crippen LogP contribution is -2.52. The highest BCUT2D eigenvalue weighted by atomic mass is 32.2. The first kappa shape index (κ1) is 29.7. The zero-order chi connectivity index (χ0) is 28.8. The number of nitrogens with two attached hydrogens (primary N) is 1. The molecule has 0 spiro atoms. The summed E-state index contributed by atoms with van der Waals surface area (Å²) >= 11 is 0. The van der Waals surface area contributed by atoms with E-state index in [1.807, 2.05) is 30.3 Å². The van der Waals surface area contributed by atoms with E-state index in [9.17, 15) is 18.3 Å². The molecule has 1 amide bonds. The smallest absolute Gasteiger partial charge is 0.407 e. The Balaban J connectivity index is 1.34. The molecule has 0 saturated carbocycles. The zero-order valence-corrected chi connectivity index (χ0v) is 23.5. The van der Waals surface area contributed by atoms with Crippen molar-refractivity contribution >= 4 is 21.8 Å². The number of benzene rings is 2. The highest BCUT2D eigenvalue weighted by Gasteiger charge is 2.44. The van der Waals surface area contributed by atoms with Gasteiger partial charge in [-0.1, -0.05) is 34.8 Å². The number of rotatable bonds is 11. The summed E-state index contributed by atoms with van der Waals surface area (Å²) in [5, 5.41) is 14.2. The second kappa shape index (κ2) is 13.5. The number of fused-ring (bicyclic) bond motifs is 1. The number of sulfonamides is 1. The first-order valence-corrected chi connectivity index (χ1v) is 15.3. The maximum atomic E-state index is 13.7. The number of anilines is 1. The van der Waals surface area contributed by atoms with Crippen molar-refractivity contribution in [1.82, 2.24) is 9.79 Å². The summed E-state index contributed by atoms with van der Waals surface area (Å²) in [5.74, 6) is -0.0494. The fourth-order valence-corrected chi connectivity index (χ4v) is 6.50. The molecule has 3 aliphatic rings. The monoisotopic (exact) mass is 591 g/mol. The summed E-state index contributed by atoms with van der Waals surface area (Å²) in [6.45, 7) is 1.20. The van der Waals surface area contributed by atoms with Gasteiger partial charge in [0, 0.05) is 18.9 Å². The van der Waals surface area contributed by atoms with Crippen LogP contribution in [0.15, 0.2) is 59.5 Å². The van der Waals surface area contributed by atoms with Gasteiger partial charge in [-0.05, 0) is 55.5 Å². The van der Waals surface area contributed by atoms with Crippen molar-refractivity contribution in [3.05, 3.63) is 60.2 Å². The largest absolute Gasteiger partial charge is 0.443 e. The Morgan fingerprint density at radius 3 is 2.51 bits per heavy atom. The van der Waals surface area contributed by atoms with E-state index in [0.717, 1.165) is 16.5 Å². The van der Waals surface area contributed by atoms with Crippen LogP contribution in [0.2, 0.25) is 0 Å². The maximum absolute atomic E-state index is 13.7. The molecule has 5 rings (SSSR count). The summed E-state index contributed by atoms with van der Waals surface area (Å²) < 4.78 is 50.3. The Labute approximate surface area is 239 Å². The molecule has 224 valence electrons. The van der Waals surface area contributed by atoms with Gasteiger partial charge in [-0.25, -0.2) is 13.2 Å². The highest BCUT2D eigenvalue weighted by Crippen LogP contribution is 2.33. The van der Waals surface area contributed by atoms with Crippen LogP contribution >= 0.6 is 0 Å². The number of carbonyl (C=O) groups excluding carboxylic acids is 1. The van der Waals surface area contributed by atoms with Gasteiger partial charge in [-0.15, -0.1) is 0 Å². The van der Waals surface area contributed by atoms with Crippen molar-refractivity contribution in [2.24, 2.45) is 5.92 Å². The van der Waals surface area contributed by atoms with Gasteiger partial charge in [0.25, 0.3) is 10.0 Å². The fourth-order valence-electron chi connectivity index (χ4n) is 5.20. The molecule has 41 heavy (non-hydrogen) atoms. The van der Waals surface area contributed by atoms with E-state index in [4.69, 9.17) is 29.5 Å². The third kappa shape index (κ3) is 7.55. The van der Waals surface area contributed by atoms with Crippen LogP contribution < -0.4 is 11.1 Å². The van der Waals surface area contributed by atoms with Crippen LogP contribution in [0.25, 0.3) is 0 Å². The molecular formula is C28H37N3O9S. The number of aliphatic hydroxyl groups is 1. The molecule has 3 heterocycles. The van der Waals surface area contributed by atoms with E-state index in [-0.39, 0.29) is 30.1 Å². The number of nitrogens with one attached hydrogen (secondary N) is 1. The minimum absolute atomic E-state index is 0.0347. The van der Waals surface area contributed by atoms with Crippen molar-refractivity contribution in [3.63, 3.8) is 0 Å². The number of ether oxygens (including phenoxy) is 4. The van der Waals surface area contributed by atoms with Crippen LogP contribution in [0.3, 0.4) is 0 Å². The van der Waals surface area contributed by atoms with E-state index >= 15 is 0 Å².